The molecule has 0 fully saturated rings. The second kappa shape index (κ2) is 9.68. The van der Waals surface area contributed by atoms with Gasteiger partial charge < -0.3 is 9.30 Å². The van der Waals surface area contributed by atoms with Crippen molar-refractivity contribution in [2.45, 2.75) is 18.3 Å². The minimum Gasteiger partial charge on any atom is -0.460 e. The molecule has 0 amide bonds. The van der Waals surface area contributed by atoms with Crippen molar-refractivity contribution in [3.63, 3.8) is 0 Å². The number of aryl methyl sites for hydroxylation is 1. The Bertz CT molecular complexity index is 1440. The number of carbonyl (C=O) groups is 1. The maximum Gasteiger partial charge on any atom is 0.332 e. The number of thioether (sulfide) groups is 1. The van der Waals surface area contributed by atoms with E-state index in [2.05, 4.69) is 4.98 Å². The van der Waals surface area contributed by atoms with Crippen LogP contribution in [0.25, 0.3) is 11.2 Å². The molecule has 170 valence electrons. The maximum atomic E-state index is 13.0. The number of fused-ring (bicyclic) bond motifs is 1. The van der Waals surface area contributed by atoms with E-state index in [-0.39, 0.29) is 30.1 Å². The topological polar surface area (TPSA) is 88.1 Å². The smallest absolute Gasteiger partial charge is 0.332 e. The number of hydrogen-bond acceptors (Lipinski definition) is 6. The Kier molecular flexibility index (Phi) is 6.71. The SMILES string of the molecule is Cn1c(=O)c2c(nc(SCC(=O)OCc3ccccc3)n2Cc2ccccc2Cl)n(C)c1=O. The minimum absolute atomic E-state index is 0.00700. The zero-order valence-electron chi connectivity index (χ0n) is 18.0. The molecule has 0 aliphatic rings. The minimum atomic E-state index is -0.478. The Morgan fingerprint density at radius 3 is 2.45 bits per heavy atom. The van der Waals surface area contributed by atoms with Crippen molar-refractivity contribution in [3.05, 3.63) is 91.6 Å². The number of carbonyl (C=O) groups excluding carboxylic acids is 1. The molecule has 0 N–H and O–H groups in total. The van der Waals surface area contributed by atoms with E-state index in [0.717, 1.165) is 27.5 Å². The number of nitrogens with zero attached hydrogens (tertiary/aromatic N) is 4. The van der Waals surface area contributed by atoms with Crippen molar-refractivity contribution >= 4 is 40.5 Å². The Morgan fingerprint density at radius 2 is 1.73 bits per heavy atom. The van der Waals surface area contributed by atoms with Gasteiger partial charge in [0, 0.05) is 19.1 Å². The fraction of sp³-hybridized carbons (Fsp3) is 0.217. The highest BCUT2D eigenvalue weighted by Crippen LogP contribution is 2.25. The second-order valence-electron chi connectivity index (χ2n) is 7.38. The van der Waals surface area contributed by atoms with E-state index >= 15 is 0 Å². The molecule has 0 atom stereocenters. The average Bonchev–Trinajstić information content (AvgIpc) is 3.19. The standard InChI is InChI=1S/C23H21ClN4O4S/c1-26-20-19(21(30)27(2)23(26)31)28(12-16-10-6-7-11-17(16)24)22(25-20)33-14-18(29)32-13-15-8-4-3-5-9-15/h3-11H,12-14H2,1-2H3. The first-order chi connectivity index (χ1) is 15.9. The molecule has 0 unspecified atom stereocenters. The first-order valence-electron chi connectivity index (χ1n) is 10.1. The maximum absolute atomic E-state index is 13.0. The van der Waals surface area contributed by atoms with Crippen LogP contribution in [-0.2, 0) is 36.8 Å². The monoisotopic (exact) mass is 484 g/mol. The van der Waals surface area contributed by atoms with E-state index in [0.29, 0.717) is 10.2 Å². The first kappa shape index (κ1) is 22.9. The van der Waals surface area contributed by atoms with Crippen molar-refractivity contribution in [1.29, 1.82) is 0 Å². The van der Waals surface area contributed by atoms with Gasteiger partial charge in [-0.3, -0.25) is 18.7 Å². The Labute approximate surface area is 198 Å². The average molecular weight is 485 g/mol. The second-order valence-corrected chi connectivity index (χ2v) is 8.73. The molecule has 2 aromatic carbocycles. The van der Waals surface area contributed by atoms with Gasteiger partial charge in [-0.15, -0.1) is 0 Å². The molecule has 0 bridgehead atoms. The van der Waals surface area contributed by atoms with E-state index in [1.165, 1.54) is 11.6 Å². The van der Waals surface area contributed by atoms with Crippen molar-refractivity contribution in [2.24, 2.45) is 14.1 Å². The molecule has 0 saturated carbocycles. The van der Waals surface area contributed by atoms with Crippen molar-refractivity contribution in [2.75, 3.05) is 5.75 Å². The zero-order chi connectivity index (χ0) is 23.5. The molecule has 0 radical (unpaired) electrons. The summed E-state index contributed by atoms with van der Waals surface area (Å²) in [4.78, 5) is 42.2. The lowest BCUT2D eigenvalue weighted by Gasteiger charge is -2.11. The van der Waals surface area contributed by atoms with Crippen molar-refractivity contribution in [3.8, 4) is 0 Å². The van der Waals surface area contributed by atoms with Crippen molar-refractivity contribution < 1.29 is 9.53 Å². The van der Waals surface area contributed by atoms with Gasteiger partial charge >= 0.3 is 11.7 Å². The summed E-state index contributed by atoms with van der Waals surface area (Å²) in [5, 5.41) is 0.957. The highest BCUT2D eigenvalue weighted by Gasteiger charge is 2.21. The van der Waals surface area contributed by atoms with Crippen LogP contribution in [-0.4, -0.2) is 30.4 Å². The molecule has 0 aliphatic heterocycles. The summed E-state index contributed by atoms with van der Waals surface area (Å²) in [5.74, 6) is -0.422. The third kappa shape index (κ3) is 4.74. The lowest BCUT2D eigenvalue weighted by atomic mass is 10.2. The number of benzene rings is 2. The fourth-order valence-electron chi connectivity index (χ4n) is 3.38. The Hall–Kier alpha value is -3.30. The third-order valence-corrected chi connectivity index (χ3v) is 6.48. The van der Waals surface area contributed by atoms with Gasteiger partial charge in [0.2, 0.25) is 0 Å². The summed E-state index contributed by atoms with van der Waals surface area (Å²) < 4.78 is 9.39. The molecule has 8 nitrogen and oxygen atoms in total. The van der Waals surface area contributed by atoms with Crippen molar-refractivity contribution in [1.82, 2.24) is 18.7 Å². The van der Waals surface area contributed by atoms with Crippen LogP contribution in [0.2, 0.25) is 5.02 Å². The molecule has 10 heteroatoms. The van der Waals surface area contributed by atoms with Crippen LogP contribution in [0.15, 0.2) is 69.3 Å². The third-order valence-electron chi connectivity index (χ3n) is 5.16. The summed E-state index contributed by atoms with van der Waals surface area (Å²) in [6, 6.07) is 16.7. The Balaban J connectivity index is 1.66. The van der Waals surface area contributed by atoms with Crippen LogP contribution in [0.5, 0.6) is 0 Å². The van der Waals surface area contributed by atoms with Gasteiger partial charge in [0.1, 0.15) is 6.61 Å². The molecule has 0 aliphatic carbocycles. The molecule has 4 aromatic rings. The van der Waals surface area contributed by atoms with E-state index in [9.17, 15) is 14.4 Å². The number of imidazole rings is 1. The van der Waals surface area contributed by atoms with Crippen LogP contribution in [0.1, 0.15) is 11.1 Å². The fourth-order valence-corrected chi connectivity index (χ4v) is 4.37. The molecule has 2 heterocycles. The van der Waals surface area contributed by atoms with Gasteiger partial charge in [0.25, 0.3) is 5.56 Å². The predicted molar refractivity (Wildman–Crippen MR) is 128 cm³/mol. The lowest BCUT2D eigenvalue weighted by molar-refractivity contribution is -0.141. The molecule has 33 heavy (non-hydrogen) atoms. The summed E-state index contributed by atoms with van der Waals surface area (Å²) in [5.41, 5.74) is 1.23. The number of aromatic nitrogens is 4. The van der Waals surface area contributed by atoms with E-state index in [1.54, 1.807) is 17.7 Å². The first-order valence-corrected chi connectivity index (χ1v) is 11.4. The summed E-state index contributed by atoms with van der Waals surface area (Å²) in [7, 11) is 2.98. The summed E-state index contributed by atoms with van der Waals surface area (Å²) in [6.45, 7) is 0.427. The van der Waals surface area contributed by atoms with E-state index < -0.39 is 17.2 Å². The molecule has 2 aromatic heterocycles. The van der Waals surface area contributed by atoms with Crippen LogP contribution in [0, 0.1) is 0 Å². The van der Waals surface area contributed by atoms with Crippen LogP contribution >= 0.6 is 23.4 Å². The predicted octanol–water partition coefficient (Wildman–Crippen LogP) is 2.97. The largest absolute Gasteiger partial charge is 0.460 e. The van der Waals surface area contributed by atoms with Crippen LogP contribution in [0.4, 0.5) is 0 Å². The van der Waals surface area contributed by atoms with Gasteiger partial charge in [0.15, 0.2) is 16.3 Å². The zero-order valence-corrected chi connectivity index (χ0v) is 19.6. The Morgan fingerprint density at radius 1 is 1.03 bits per heavy atom. The van der Waals surface area contributed by atoms with Gasteiger partial charge in [-0.1, -0.05) is 71.9 Å². The number of esters is 1. The van der Waals surface area contributed by atoms with Gasteiger partial charge in [-0.2, -0.15) is 0 Å². The summed E-state index contributed by atoms with van der Waals surface area (Å²) >= 11 is 7.49. The van der Waals surface area contributed by atoms with Gasteiger partial charge in [0.05, 0.1) is 12.3 Å². The summed E-state index contributed by atoms with van der Waals surface area (Å²) in [6.07, 6.45) is 0. The molecule has 0 saturated heterocycles. The quantitative estimate of drug-likeness (QED) is 0.296. The van der Waals surface area contributed by atoms with E-state index in [4.69, 9.17) is 16.3 Å². The highest BCUT2D eigenvalue weighted by molar-refractivity contribution is 7.99. The highest BCUT2D eigenvalue weighted by atomic mass is 35.5. The molecular formula is C23H21ClN4O4S. The molecular weight excluding hydrogens is 464 g/mol. The lowest BCUT2D eigenvalue weighted by Crippen LogP contribution is -2.37. The normalized spacial score (nSPS) is 11.1. The van der Waals surface area contributed by atoms with Gasteiger partial charge in [-0.05, 0) is 17.2 Å². The number of ether oxygens (including phenoxy) is 1. The van der Waals surface area contributed by atoms with Gasteiger partial charge in [-0.25, -0.2) is 9.78 Å². The number of rotatable bonds is 7. The molecule has 0 spiro atoms. The van der Waals surface area contributed by atoms with Crippen LogP contribution in [0.3, 0.4) is 0 Å². The number of hydrogen-bond donors (Lipinski definition) is 0. The van der Waals surface area contributed by atoms with E-state index in [1.807, 2.05) is 48.5 Å². The molecule has 4 rings (SSSR count). The van der Waals surface area contributed by atoms with Crippen LogP contribution < -0.4 is 11.2 Å². The number of halogens is 1.